The number of hydrogen-bond donors (Lipinski definition) is 1. The first-order chi connectivity index (χ1) is 8.25. The van der Waals surface area contributed by atoms with E-state index in [-0.39, 0.29) is 5.69 Å². The second kappa shape index (κ2) is 4.27. The lowest BCUT2D eigenvalue weighted by Gasteiger charge is -2.37. The van der Waals surface area contributed by atoms with Gasteiger partial charge >= 0.3 is 5.97 Å². The minimum Gasteiger partial charge on any atom is -0.476 e. The van der Waals surface area contributed by atoms with E-state index in [1.165, 1.54) is 17.8 Å². The highest BCUT2D eigenvalue weighted by molar-refractivity contribution is 7.13. The number of fused-ring (bicyclic) bond motifs is 1. The summed E-state index contributed by atoms with van der Waals surface area (Å²) in [6.07, 6.45) is 3.72. The predicted octanol–water partition coefficient (Wildman–Crippen LogP) is 1.60. The molecule has 17 heavy (non-hydrogen) atoms. The maximum atomic E-state index is 10.8. The fourth-order valence-electron chi connectivity index (χ4n) is 2.66. The molecular formula is C11H14N2O3S. The molecule has 1 aromatic heterocycles. The molecule has 6 heteroatoms. The second-order valence-electron chi connectivity index (χ2n) is 4.42. The van der Waals surface area contributed by atoms with E-state index in [4.69, 9.17) is 9.84 Å². The summed E-state index contributed by atoms with van der Waals surface area (Å²) in [4.78, 5) is 17.2. The minimum absolute atomic E-state index is 0.144. The SMILES string of the molecule is O=C(O)c1csc(N2CCOC3CCCC32)n1. The maximum absolute atomic E-state index is 10.8. The molecule has 0 bridgehead atoms. The number of aromatic nitrogens is 1. The van der Waals surface area contributed by atoms with Crippen molar-refractivity contribution < 1.29 is 14.6 Å². The highest BCUT2D eigenvalue weighted by Gasteiger charge is 2.37. The molecule has 2 aliphatic rings. The number of rotatable bonds is 2. The number of hydrogen-bond acceptors (Lipinski definition) is 5. The van der Waals surface area contributed by atoms with E-state index in [2.05, 4.69) is 9.88 Å². The molecule has 1 N–H and O–H groups in total. The standard InChI is InChI=1S/C11H14N2O3S/c14-10(15)7-6-17-11(12-7)13-4-5-16-9-3-1-2-8(9)13/h6,8-9H,1-5H2,(H,14,15). The van der Waals surface area contributed by atoms with Crippen LogP contribution in [0.3, 0.4) is 0 Å². The van der Waals surface area contributed by atoms with Crippen molar-refractivity contribution in [1.29, 1.82) is 0 Å². The van der Waals surface area contributed by atoms with Gasteiger partial charge in [0.15, 0.2) is 10.8 Å². The summed E-state index contributed by atoms with van der Waals surface area (Å²) in [5.41, 5.74) is 0.144. The van der Waals surface area contributed by atoms with Crippen molar-refractivity contribution in [1.82, 2.24) is 4.98 Å². The molecule has 2 fully saturated rings. The Kier molecular flexibility index (Phi) is 2.76. The zero-order chi connectivity index (χ0) is 11.8. The first kappa shape index (κ1) is 11.0. The van der Waals surface area contributed by atoms with Crippen LogP contribution >= 0.6 is 11.3 Å². The Morgan fingerprint density at radius 3 is 3.24 bits per heavy atom. The molecule has 0 aromatic carbocycles. The van der Waals surface area contributed by atoms with Crippen LogP contribution in [0, 0.1) is 0 Å². The van der Waals surface area contributed by atoms with Crippen LogP contribution in [0.25, 0.3) is 0 Å². The third-order valence-corrected chi connectivity index (χ3v) is 4.32. The number of ether oxygens (including phenoxy) is 1. The molecule has 2 unspecified atom stereocenters. The third-order valence-electron chi connectivity index (χ3n) is 3.44. The molecule has 2 atom stereocenters. The Morgan fingerprint density at radius 2 is 2.47 bits per heavy atom. The van der Waals surface area contributed by atoms with E-state index < -0.39 is 5.97 Å². The average Bonchev–Trinajstić information content (AvgIpc) is 2.97. The molecule has 2 heterocycles. The van der Waals surface area contributed by atoms with Crippen LogP contribution in [0.4, 0.5) is 5.13 Å². The number of carboxylic acid groups (broad SMARTS) is 1. The van der Waals surface area contributed by atoms with Crippen molar-refractivity contribution in [2.75, 3.05) is 18.1 Å². The summed E-state index contributed by atoms with van der Waals surface area (Å²) in [7, 11) is 0. The quantitative estimate of drug-likeness (QED) is 0.868. The maximum Gasteiger partial charge on any atom is 0.355 e. The largest absolute Gasteiger partial charge is 0.476 e. The molecule has 92 valence electrons. The molecule has 0 spiro atoms. The van der Waals surface area contributed by atoms with Crippen molar-refractivity contribution in [3.05, 3.63) is 11.1 Å². The van der Waals surface area contributed by atoms with Gasteiger partial charge < -0.3 is 14.7 Å². The number of anilines is 1. The van der Waals surface area contributed by atoms with Crippen molar-refractivity contribution in [3.8, 4) is 0 Å². The first-order valence-electron chi connectivity index (χ1n) is 5.83. The van der Waals surface area contributed by atoms with Gasteiger partial charge in [0, 0.05) is 11.9 Å². The van der Waals surface area contributed by atoms with Gasteiger partial charge in [-0.2, -0.15) is 0 Å². The molecular weight excluding hydrogens is 240 g/mol. The number of thiazole rings is 1. The second-order valence-corrected chi connectivity index (χ2v) is 5.26. The number of aromatic carboxylic acids is 1. The fourth-order valence-corrected chi connectivity index (χ4v) is 3.54. The smallest absolute Gasteiger partial charge is 0.355 e. The summed E-state index contributed by atoms with van der Waals surface area (Å²) in [5, 5.41) is 11.3. The van der Waals surface area contributed by atoms with E-state index in [1.807, 2.05) is 0 Å². The summed E-state index contributed by atoms with van der Waals surface area (Å²) < 4.78 is 5.73. The topological polar surface area (TPSA) is 62.7 Å². The number of carbonyl (C=O) groups is 1. The normalized spacial score (nSPS) is 28.1. The van der Waals surface area contributed by atoms with Crippen LogP contribution in [0.5, 0.6) is 0 Å². The van der Waals surface area contributed by atoms with Crippen LogP contribution in [0.1, 0.15) is 29.8 Å². The van der Waals surface area contributed by atoms with Gasteiger partial charge in [0.05, 0.1) is 18.8 Å². The zero-order valence-corrected chi connectivity index (χ0v) is 10.2. The van der Waals surface area contributed by atoms with Gasteiger partial charge in [-0.25, -0.2) is 9.78 Å². The predicted molar refractivity (Wildman–Crippen MR) is 63.8 cm³/mol. The summed E-state index contributed by atoms with van der Waals surface area (Å²) in [5.74, 6) is -0.955. The monoisotopic (exact) mass is 254 g/mol. The van der Waals surface area contributed by atoms with Crippen LogP contribution in [0.15, 0.2) is 5.38 Å². The van der Waals surface area contributed by atoms with Crippen molar-refractivity contribution in [2.45, 2.75) is 31.4 Å². The molecule has 1 aliphatic heterocycles. The molecule has 1 saturated heterocycles. The van der Waals surface area contributed by atoms with E-state index in [0.717, 1.165) is 24.5 Å². The molecule has 1 aromatic rings. The van der Waals surface area contributed by atoms with Crippen LogP contribution in [-0.2, 0) is 4.74 Å². The summed E-state index contributed by atoms with van der Waals surface area (Å²) in [6.45, 7) is 1.52. The number of morpholine rings is 1. The fraction of sp³-hybridized carbons (Fsp3) is 0.636. The Bertz CT molecular complexity index is 434. The van der Waals surface area contributed by atoms with Gasteiger partial charge in [0.1, 0.15) is 0 Å². The van der Waals surface area contributed by atoms with E-state index in [1.54, 1.807) is 5.38 Å². The van der Waals surface area contributed by atoms with Crippen molar-refractivity contribution >= 4 is 22.4 Å². The van der Waals surface area contributed by atoms with Crippen molar-refractivity contribution in [2.24, 2.45) is 0 Å². The minimum atomic E-state index is -0.955. The Balaban J connectivity index is 1.84. The van der Waals surface area contributed by atoms with Crippen LogP contribution in [0.2, 0.25) is 0 Å². The van der Waals surface area contributed by atoms with Gasteiger partial charge in [-0.1, -0.05) is 0 Å². The van der Waals surface area contributed by atoms with E-state index in [0.29, 0.717) is 18.8 Å². The van der Waals surface area contributed by atoms with Gasteiger partial charge in [-0.3, -0.25) is 0 Å². The highest BCUT2D eigenvalue weighted by Crippen LogP contribution is 2.34. The molecule has 3 rings (SSSR count). The van der Waals surface area contributed by atoms with E-state index in [9.17, 15) is 4.79 Å². The highest BCUT2D eigenvalue weighted by atomic mass is 32.1. The van der Waals surface area contributed by atoms with Crippen molar-refractivity contribution in [3.63, 3.8) is 0 Å². The Morgan fingerprint density at radius 1 is 1.59 bits per heavy atom. The summed E-state index contributed by atoms with van der Waals surface area (Å²) in [6, 6.07) is 0.386. The Labute approximate surface area is 103 Å². The third kappa shape index (κ3) is 1.91. The number of nitrogens with zero attached hydrogens (tertiary/aromatic N) is 2. The van der Waals surface area contributed by atoms with Gasteiger partial charge in [-0.15, -0.1) is 11.3 Å². The average molecular weight is 254 g/mol. The van der Waals surface area contributed by atoms with E-state index >= 15 is 0 Å². The molecule has 5 nitrogen and oxygen atoms in total. The number of carboxylic acids is 1. The molecule has 0 radical (unpaired) electrons. The lowest BCUT2D eigenvalue weighted by Crippen LogP contribution is -2.48. The van der Waals surface area contributed by atoms with Gasteiger partial charge in [0.2, 0.25) is 0 Å². The van der Waals surface area contributed by atoms with Gasteiger partial charge in [-0.05, 0) is 19.3 Å². The van der Waals surface area contributed by atoms with Crippen LogP contribution < -0.4 is 4.90 Å². The zero-order valence-electron chi connectivity index (χ0n) is 9.33. The molecule has 1 saturated carbocycles. The lowest BCUT2D eigenvalue weighted by molar-refractivity contribution is 0.0256. The first-order valence-corrected chi connectivity index (χ1v) is 6.71. The molecule has 1 aliphatic carbocycles. The summed E-state index contributed by atoms with van der Waals surface area (Å²) >= 11 is 1.41. The Hall–Kier alpha value is -1.14. The lowest BCUT2D eigenvalue weighted by atomic mass is 10.1. The van der Waals surface area contributed by atoms with Crippen LogP contribution in [-0.4, -0.2) is 41.4 Å². The molecule has 0 amide bonds. The van der Waals surface area contributed by atoms with Gasteiger partial charge in [0.25, 0.3) is 0 Å².